The van der Waals surface area contributed by atoms with Gasteiger partial charge in [0.25, 0.3) is 5.91 Å². The third-order valence-corrected chi connectivity index (χ3v) is 5.89. The number of carbonyl (C=O) groups is 1. The Morgan fingerprint density at radius 3 is 2.95 bits per heavy atom. The summed E-state index contributed by atoms with van der Waals surface area (Å²) in [6.45, 7) is -0.264. The van der Waals surface area contributed by atoms with Gasteiger partial charge in [-0.05, 0) is 17.9 Å². The Morgan fingerprint density at radius 1 is 1.60 bits per heavy atom. The highest BCUT2D eigenvalue weighted by atomic mass is 32.2. The van der Waals surface area contributed by atoms with Crippen molar-refractivity contribution in [2.75, 3.05) is 25.2 Å². The summed E-state index contributed by atoms with van der Waals surface area (Å²) >= 11 is 1.27. The van der Waals surface area contributed by atoms with Crippen molar-refractivity contribution in [3.63, 3.8) is 0 Å². The molecule has 1 aromatic heterocycles. The molecule has 0 bridgehead atoms. The average Bonchev–Trinajstić information content (AvgIpc) is 3.00. The van der Waals surface area contributed by atoms with Gasteiger partial charge in [0.1, 0.15) is 11.5 Å². The molecule has 5 nitrogen and oxygen atoms in total. The van der Waals surface area contributed by atoms with Gasteiger partial charge in [-0.25, -0.2) is 8.42 Å². The molecule has 20 heavy (non-hydrogen) atoms. The van der Waals surface area contributed by atoms with Crippen LogP contribution in [0.5, 0.6) is 0 Å². The van der Waals surface area contributed by atoms with Gasteiger partial charge in [-0.3, -0.25) is 4.79 Å². The topological polar surface area (TPSA) is 74.7 Å². The molecular formula is C13H15NO4S2. The van der Waals surface area contributed by atoms with Crippen molar-refractivity contribution in [1.82, 2.24) is 4.90 Å². The van der Waals surface area contributed by atoms with Crippen LogP contribution in [0, 0.1) is 11.8 Å². The van der Waals surface area contributed by atoms with Crippen LogP contribution < -0.4 is 0 Å². The monoisotopic (exact) mass is 313 g/mol. The lowest BCUT2D eigenvalue weighted by Gasteiger charge is -2.22. The number of amides is 1. The van der Waals surface area contributed by atoms with Crippen molar-refractivity contribution >= 4 is 27.1 Å². The molecule has 0 spiro atoms. The van der Waals surface area contributed by atoms with Crippen molar-refractivity contribution in [2.45, 2.75) is 12.5 Å². The van der Waals surface area contributed by atoms with Crippen LogP contribution in [-0.2, 0) is 9.84 Å². The molecule has 1 atom stereocenters. The molecule has 1 aromatic rings. The van der Waals surface area contributed by atoms with E-state index in [-0.39, 0.29) is 30.1 Å². The molecule has 1 aliphatic rings. The highest BCUT2D eigenvalue weighted by Gasteiger charge is 2.33. The van der Waals surface area contributed by atoms with Crippen LogP contribution in [0.1, 0.15) is 21.7 Å². The van der Waals surface area contributed by atoms with E-state index in [0.717, 1.165) is 0 Å². The van der Waals surface area contributed by atoms with Gasteiger partial charge in [0.15, 0.2) is 9.84 Å². The fourth-order valence-corrected chi connectivity index (χ4v) is 4.72. The van der Waals surface area contributed by atoms with Gasteiger partial charge < -0.3 is 10.0 Å². The van der Waals surface area contributed by atoms with E-state index in [1.165, 1.54) is 16.2 Å². The molecule has 1 saturated heterocycles. The largest absolute Gasteiger partial charge is 0.384 e. The first-order valence-electron chi connectivity index (χ1n) is 6.09. The zero-order valence-electron chi connectivity index (χ0n) is 11.0. The van der Waals surface area contributed by atoms with Crippen LogP contribution in [0.3, 0.4) is 0 Å². The van der Waals surface area contributed by atoms with Crippen LogP contribution >= 0.6 is 11.3 Å². The maximum atomic E-state index is 12.4. The lowest BCUT2D eigenvalue weighted by atomic mass is 10.2. The number of aliphatic hydroxyl groups is 1. The second-order valence-corrected chi connectivity index (χ2v) is 7.74. The minimum Gasteiger partial charge on any atom is -0.384 e. The highest BCUT2D eigenvalue weighted by Crippen LogP contribution is 2.22. The van der Waals surface area contributed by atoms with E-state index >= 15 is 0 Å². The van der Waals surface area contributed by atoms with Gasteiger partial charge in [0, 0.05) is 18.7 Å². The number of hydrogen-bond acceptors (Lipinski definition) is 5. The first kappa shape index (κ1) is 15.0. The maximum absolute atomic E-state index is 12.4. The average molecular weight is 313 g/mol. The van der Waals surface area contributed by atoms with E-state index in [9.17, 15) is 13.2 Å². The molecule has 0 radical (unpaired) electrons. The maximum Gasteiger partial charge on any atom is 0.265 e. The summed E-state index contributed by atoms with van der Waals surface area (Å²) in [7, 11) is -1.40. The van der Waals surface area contributed by atoms with Crippen molar-refractivity contribution in [3.8, 4) is 11.8 Å². The molecule has 7 heteroatoms. The number of carbonyl (C=O) groups excluding carboxylic acids is 1. The predicted molar refractivity (Wildman–Crippen MR) is 77.4 cm³/mol. The number of nitrogens with zero attached hydrogens (tertiary/aromatic N) is 1. The molecule has 1 aliphatic heterocycles. The first-order chi connectivity index (χ1) is 9.44. The van der Waals surface area contributed by atoms with Gasteiger partial charge >= 0.3 is 0 Å². The summed E-state index contributed by atoms with van der Waals surface area (Å²) in [5.74, 6) is 5.19. The van der Waals surface area contributed by atoms with Crippen LogP contribution in [0.2, 0.25) is 0 Å². The van der Waals surface area contributed by atoms with E-state index in [4.69, 9.17) is 5.11 Å². The molecule has 1 unspecified atom stereocenters. The summed E-state index contributed by atoms with van der Waals surface area (Å²) < 4.78 is 23.0. The molecule has 1 amide bonds. The Labute approximate surface area is 122 Å². The number of sulfone groups is 1. The summed E-state index contributed by atoms with van der Waals surface area (Å²) in [4.78, 5) is 14.4. The molecule has 0 aliphatic carbocycles. The third-order valence-electron chi connectivity index (χ3n) is 3.24. The second-order valence-electron chi connectivity index (χ2n) is 4.60. The Kier molecular flexibility index (Phi) is 4.48. The lowest BCUT2D eigenvalue weighted by Crippen LogP contribution is -2.37. The van der Waals surface area contributed by atoms with Crippen molar-refractivity contribution in [3.05, 3.63) is 21.9 Å². The van der Waals surface area contributed by atoms with E-state index < -0.39 is 9.84 Å². The van der Waals surface area contributed by atoms with E-state index in [2.05, 4.69) is 11.8 Å². The van der Waals surface area contributed by atoms with E-state index in [1.54, 1.807) is 18.5 Å². The minimum absolute atomic E-state index is 0.0261. The molecule has 2 heterocycles. The Morgan fingerprint density at radius 2 is 2.35 bits per heavy atom. The SMILES string of the molecule is CN(C(=O)c1sccc1C#CCO)C1CCS(=O)(=O)C1. The molecule has 108 valence electrons. The number of rotatable bonds is 2. The fourth-order valence-electron chi connectivity index (χ4n) is 2.11. The molecule has 1 fully saturated rings. The fraction of sp³-hybridized carbons (Fsp3) is 0.462. The Bertz CT molecular complexity index is 666. The van der Waals surface area contributed by atoms with E-state index in [0.29, 0.717) is 16.9 Å². The number of thiophene rings is 1. The summed E-state index contributed by atoms with van der Waals surface area (Å²) in [5, 5.41) is 10.5. The number of aliphatic hydroxyl groups excluding tert-OH is 1. The van der Waals surface area contributed by atoms with Crippen LogP contribution in [0.25, 0.3) is 0 Å². The van der Waals surface area contributed by atoms with E-state index in [1.807, 2.05) is 0 Å². The zero-order valence-corrected chi connectivity index (χ0v) is 12.6. The molecule has 0 aromatic carbocycles. The molecule has 1 N–H and O–H groups in total. The standard InChI is InChI=1S/C13H15NO4S2/c1-14(11-5-8-20(17,18)9-11)13(16)12-10(3-2-6-15)4-7-19-12/h4,7,11,15H,5-6,8-9H2,1H3. The minimum atomic E-state index is -3.02. The van der Waals surface area contributed by atoms with Crippen molar-refractivity contribution < 1.29 is 18.3 Å². The second kappa shape index (κ2) is 5.95. The molecule has 2 rings (SSSR count). The van der Waals surface area contributed by atoms with Gasteiger partial charge in [-0.1, -0.05) is 11.8 Å². The Balaban J connectivity index is 2.18. The third kappa shape index (κ3) is 3.20. The lowest BCUT2D eigenvalue weighted by molar-refractivity contribution is 0.0752. The summed E-state index contributed by atoms with van der Waals surface area (Å²) in [6, 6.07) is 1.45. The molecule has 0 saturated carbocycles. The van der Waals surface area contributed by atoms with Crippen LogP contribution in [-0.4, -0.2) is 55.5 Å². The molecular weight excluding hydrogens is 298 g/mol. The number of hydrogen-bond donors (Lipinski definition) is 1. The summed E-state index contributed by atoms with van der Waals surface area (Å²) in [6.07, 6.45) is 0.480. The van der Waals surface area contributed by atoms with Gasteiger partial charge in [-0.2, -0.15) is 0 Å². The van der Waals surface area contributed by atoms with Gasteiger partial charge in [0.05, 0.1) is 11.5 Å². The first-order valence-corrected chi connectivity index (χ1v) is 8.79. The predicted octanol–water partition coefficient (Wildman–Crippen LogP) is 0.351. The smallest absolute Gasteiger partial charge is 0.265 e. The highest BCUT2D eigenvalue weighted by molar-refractivity contribution is 7.91. The summed E-state index contributed by atoms with van der Waals surface area (Å²) in [5.41, 5.74) is 0.571. The van der Waals surface area contributed by atoms with Gasteiger partial charge in [-0.15, -0.1) is 11.3 Å². The zero-order chi connectivity index (χ0) is 14.8. The quantitative estimate of drug-likeness (QED) is 0.800. The van der Waals surface area contributed by atoms with Crippen LogP contribution in [0.15, 0.2) is 11.4 Å². The van der Waals surface area contributed by atoms with Crippen molar-refractivity contribution in [2.24, 2.45) is 0 Å². The van der Waals surface area contributed by atoms with Crippen molar-refractivity contribution in [1.29, 1.82) is 0 Å². The Hall–Kier alpha value is -1.36. The normalized spacial score (nSPS) is 20.2. The van der Waals surface area contributed by atoms with Crippen LogP contribution in [0.4, 0.5) is 0 Å². The van der Waals surface area contributed by atoms with Gasteiger partial charge in [0.2, 0.25) is 0 Å².